The van der Waals surface area contributed by atoms with Gasteiger partial charge >= 0.3 is 0 Å². The number of hydrogen-bond donors (Lipinski definition) is 1. The van der Waals surface area contributed by atoms with Crippen molar-refractivity contribution < 1.29 is 9.78 Å². The predicted molar refractivity (Wildman–Crippen MR) is 45.1 cm³/mol. The lowest BCUT2D eigenvalue weighted by Gasteiger charge is -2.27. The smallest absolute Gasteiger partial charge is 0.110 e. The van der Waals surface area contributed by atoms with Crippen LogP contribution in [-0.2, 0) is 9.78 Å². The first kappa shape index (κ1) is 10.9. The van der Waals surface area contributed by atoms with Gasteiger partial charge in [0.25, 0.3) is 0 Å². The summed E-state index contributed by atoms with van der Waals surface area (Å²) in [6, 6.07) is 0. The first-order chi connectivity index (χ1) is 4.77. The molecular weight excluding hydrogens is 142 g/mol. The van der Waals surface area contributed by atoms with Crippen LogP contribution in [0, 0.1) is 0 Å². The summed E-state index contributed by atoms with van der Waals surface area (Å²) in [4.78, 5) is 10.2. The Kier molecular flexibility index (Phi) is 3.48. The Balaban J connectivity index is 3.70. The van der Waals surface area contributed by atoms with Crippen molar-refractivity contribution in [3.05, 3.63) is 0 Å². The van der Waals surface area contributed by atoms with Crippen molar-refractivity contribution in [2.24, 2.45) is 5.73 Å². The normalized spacial score (nSPS) is 13.6. The molecule has 0 unspecified atom stereocenters. The van der Waals surface area contributed by atoms with Crippen LogP contribution in [0.2, 0.25) is 0 Å². The lowest BCUT2D eigenvalue weighted by Crippen LogP contribution is -2.37. The Bertz CT molecular complexity index is 116. The molecule has 0 aromatic heterocycles. The second-order valence-corrected chi connectivity index (χ2v) is 4.24. The molecule has 0 aromatic rings. The molecule has 0 atom stereocenters. The van der Waals surface area contributed by atoms with E-state index < -0.39 is 5.60 Å². The lowest BCUT2D eigenvalue weighted by atomic mass is 10.1. The molecule has 68 valence electrons. The molecule has 0 spiro atoms. The van der Waals surface area contributed by atoms with Gasteiger partial charge in [0.2, 0.25) is 0 Å². The summed E-state index contributed by atoms with van der Waals surface area (Å²) in [6.45, 7) is 10.0. The second kappa shape index (κ2) is 3.52. The van der Waals surface area contributed by atoms with Gasteiger partial charge in [-0.05, 0) is 34.6 Å². The van der Waals surface area contributed by atoms with Crippen molar-refractivity contribution in [3.8, 4) is 0 Å². The number of hydrogen-bond acceptors (Lipinski definition) is 3. The average Bonchev–Trinajstić information content (AvgIpc) is 1.83. The molecule has 0 aliphatic heterocycles. The van der Waals surface area contributed by atoms with E-state index in [2.05, 4.69) is 0 Å². The van der Waals surface area contributed by atoms with Crippen LogP contribution in [0.5, 0.6) is 0 Å². The zero-order valence-corrected chi connectivity index (χ0v) is 8.10. The van der Waals surface area contributed by atoms with Gasteiger partial charge in [0.15, 0.2) is 0 Å². The van der Waals surface area contributed by atoms with Crippen molar-refractivity contribution in [2.45, 2.75) is 45.8 Å². The van der Waals surface area contributed by atoms with Crippen LogP contribution >= 0.6 is 0 Å². The second-order valence-electron chi connectivity index (χ2n) is 4.24. The molecule has 0 amide bonds. The monoisotopic (exact) mass is 161 g/mol. The molecule has 0 saturated carbocycles. The van der Waals surface area contributed by atoms with E-state index in [1.807, 2.05) is 34.6 Å². The van der Waals surface area contributed by atoms with E-state index in [0.717, 1.165) is 0 Å². The van der Waals surface area contributed by atoms with Gasteiger partial charge in [0.05, 0.1) is 5.60 Å². The zero-order chi connectivity index (χ0) is 9.12. The summed E-state index contributed by atoms with van der Waals surface area (Å²) in [7, 11) is 0. The molecule has 0 rings (SSSR count). The van der Waals surface area contributed by atoms with Gasteiger partial charge in [-0.3, -0.25) is 0 Å². The number of rotatable bonds is 3. The summed E-state index contributed by atoms with van der Waals surface area (Å²) < 4.78 is 0. The van der Waals surface area contributed by atoms with Gasteiger partial charge < -0.3 is 5.73 Å². The Morgan fingerprint density at radius 3 is 1.73 bits per heavy atom. The minimum atomic E-state index is -0.396. The van der Waals surface area contributed by atoms with Gasteiger partial charge in [0.1, 0.15) is 5.60 Å². The van der Waals surface area contributed by atoms with Crippen LogP contribution in [-0.4, -0.2) is 17.7 Å². The minimum absolute atomic E-state index is 0.271. The molecule has 0 aliphatic carbocycles. The van der Waals surface area contributed by atoms with Crippen LogP contribution in [0.4, 0.5) is 0 Å². The number of nitrogens with two attached hydrogens (primary N) is 1. The average molecular weight is 161 g/mol. The van der Waals surface area contributed by atoms with Crippen LogP contribution in [0.1, 0.15) is 34.6 Å². The first-order valence-corrected chi connectivity index (χ1v) is 3.84. The Morgan fingerprint density at radius 2 is 1.45 bits per heavy atom. The van der Waals surface area contributed by atoms with Crippen molar-refractivity contribution in [1.29, 1.82) is 0 Å². The summed E-state index contributed by atoms with van der Waals surface area (Å²) >= 11 is 0. The predicted octanol–water partition coefficient (Wildman–Crippen LogP) is 1.47. The molecule has 0 saturated heterocycles. The fourth-order valence-corrected chi connectivity index (χ4v) is 0.272. The van der Waals surface area contributed by atoms with Crippen molar-refractivity contribution >= 4 is 0 Å². The molecule has 0 radical (unpaired) electrons. The van der Waals surface area contributed by atoms with E-state index >= 15 is 0 Å². The molecule has 0 aliphatic rings. The Morgan fingerprint density at radius 1 is 1.00 bits per heavy atom. The van der Waals surface area contributed by atoms with Crippen LogP contribution in [0.3, 0.4) is 0 Å². The maximum absolute atomic E-state index is 5.43. The summed E-state index contributed by atoms with van der Waals surface area (Å²) in [6.07, 6.45) is 0. The Hall–Kier alpha value is -0.120. The maximum atomic E-state index is 5.43. The van der Waals surface area contributed by atoms with Gasteiger partial charge in [-0.25, -0.2) is 9.78 Å². The van der Waals surface area contributed by atoms with E-state index in [9.17, 15) is 0 Å². The summed E-state index contributed by atoms with van der Waals surface area (Å²) in [5.74, 6) is 0. The fourth-order valence-electron chi connectivity index (χ4n) is 0.272. The SMILES string of the molecule is CC(C)(C)OOC(C)(C)CN. The molecule has 11 heavy (non-hydrogen) atoms. The van der Waals surface area contributed by atoms with E-state index in [1.165, 1.54) is 0 Å². The van der Waals surface area contributed by atoms with E-state index in [4.69, 9.17) is 15.5 Å². The zero-order valence-electron chi connectivity index (χ0n) is 8.10. The quantitative estimate of drug-likeness (QED) is 0.503. The highest BCUT2D eigenvalue weighted by molar-refractivity contribution is 4.67. The van der Waals surface area contributed by atoms with Gasteiger partial charge in [0, 0.05) is 6.54 Å². The maximum Gasteiger partial charge on any atom is 0.110 e. The highest BCUT2D eigenvalue weighted by Gasteiger charge is 2.21. The Labute approximate surface area is 68.8 Å². The van der Waals surface area contributed by atoms with E-state index in [-0.39, 0.29) is 5.60 Å². The van der Waals surface area contributed by atoms with Crippen LogP contribution < -0.4 is 5.73 Å². The van der Waals surface area contributed by atoms with Gasteiger partial charge in [-0.15, -0.1) is 0 Å². The van der Waals surface area contributed by atoms with Gasteiger partial charge in [-0.1, -0.05) is 0 Å². The van der Waals surface area contributed by atoms with Crippen molar-refractivity contribution in [2.75, 3.05) is 6.54 Å². The van der Waals surface area contributed by atoms with Gasteiger partial charge in [-0.2, -0.15) is 0 Å². The summed E-state index contributed by atoms with van der Waals surface area (Å²) in [5, 5.41) is 0. The largest absolute Gasteiger partial charge is 0.328 e. The highest BCUT2D eigenvalue weighted by Crippen LogP contribution is 2.14. The molecule has 2 N–H and O–H groups in total. The van der Waals surface area contributed by atoms with E-state index in [0.29, 0.717) is 6.54 Å². The van der Waals surface area contributed by atoms with Crippen LogP contribution in [0.25, 0.3) is 0 Å². The lowest BCUT2D eigenvalue weighted by molar-refractivity contribution is -0.394. The molecule has 0 fully saturated rings. The van der Waals surface area contributed by atoms with E-state index in [1.54, 1.807) is 0 Å². The minimum Gasteiger partial charge on any atom is -0.328 e. The molecule has 3 nitrogen and oxygen atoms in total. The fraction of sp³-hybridized carbons (Fsp3) is 1.00. The molecule has 0 bridgehead atoms. The molecule has 0 aromatic carbocycles. The van der Waals surface area contributed by atoms with Crippen LogP contribution in [0.15, 0.2) is 0 Å². The first-order valence-electron chi connectivity index (χ1n) is 3.84. The third kappa shape index (κ3) is 6.28. The molecular formula is C8H19NO2. The topological polar surface area (TPSA) is 44.5 Å². The third-order valence-electron chi connectivity index (χ3n) is 1.01. The highest BCUT2D eigenvalue weighted by atomic mass is 17.2. The van der Waals surface area contributed by atoms with Crippen molar-refractivity contribution in [3.63, 3.8) is 0 Å². The molecule has 0 heterocycles. The summed E-state index contributed by atoms with van der Waals surface area (Å²) in [5.41, 5.74) is 4.76. The standard InChI is InChI=1S/C8H19NO2/c1-7(2,3)10-11-8(4,5)6-9/h6,9H2,1-5H3. The van der Waals surface area contributed by atoms with Crippen molar-refractivity contribution in [1.82, 2.24) is 0 Å². The molecule has 3 heteroatoms. The third-order valence-corrected chi connectivity index (χ3v) is 1.01.